The zero-order chi connectivity index (χ0) is 29.4. The number of alkyl carbamates (subject to hydrolysis) is 1. The van der Waals surface area contributed by atoms with E-state index in [4.69, 9.17) is 16.3 Å². The molecular formula is C29H33ClF2N4O4. The van der Waals surface area contributed by atoms with Gasteiger partial charge in [0.05, 0.1) is 19.1 Å². The molecule has 1 atom stereocenters. The minimum Gasteiger partial charge on any atom is -0.444 e. The molecule has 2 aromatic rings. The molecule has 8 nitrogen and oxygen atoms in total. The van der Waals surface area contributed by atoms with E-state index in [0.717, 1.165) is 12.1 Å². The zero-order valence-corrected chi connectivity index (χ0v) is 23.4. The Balaban J connectivity index is 1.96. The van der Waals surface area contributed by atoms with E-state index in [2.05, 4.69) is 17.2 Å². The van der Waals surface area contributed by atoms with Crippen LogP contribution in [0.2, 0.25) is 0 Å². The molecule has 0 spiro atoms. The van der Waals surface area contributed by atoms with Crippen molar-refractivity contribution < 1.29 is 27.9 Å². The molecule has 3 amide bonds. The number of hydrogen-bond acceptors (Lipinski definition) is 5. The van der Waals surface area contributed by atoms with Crippen LogP contribution in [0, 0.1) is 11.6 Å². The summed E-state index contributed by atoms with van der Waals surface area (Å²) in [6.45, 7) is 8.75. The average Bonchev–Trinajstić information content (AvgIpc) is 2.88. The van der Waals surface area contributed by atoms with E-state index < -0.39 is 41.2 Å². The van der Waals surface area contributed by atoms with E-state index in [1.54, 1.807) is 51.1 Å². The van der Waals surface area contributed by atoms with Crippen LogP contribution in [0.15, 0.2) is 72.8 Å². The van der Waals surface area contributed by atoms with Gasteiger partial charge in [0.1, 0.15) is 28.8 Å². The molecule has 2 aromatic carbocycles. The number of carbonyl (C=O) groups excluding carboxylic acids is 3. The Morgan fingerprint density at radius 3 is 2.33 bits per heavy atom. The summed E-state index contributed by atoms with van der Waals surface area (Å²) in [7, 11) is 0. The number of halogens is 3. The van der Waals surface area contributed by atoms with Gasteiger partial charge in [0.2, 0.25) is 5.91 Å². The van der Waals surface area contributed by atoms with E-state index in [-0.39, 0.29) is 42.5 Å². The van der Waals surface area contributed by atoms with Crippen molar-refractivity contribution >= 4 is 29.5 Å². The largest absolute Gasteiger partial charge is 0.444 e. The Morgan fingerprint density at radius 1 is 1.07 bits per heavy atom. The van der Waals surface area contributed by atoms with Crippen molar-refractivity contribution in [3.05, 3.63) is 95.6 Å². The molecule has 3 rings (SSSR count). The van der Waals surface area contributed by atoms with Crippen molar-refractivity contribution in [2.24, 2.45) is 0 Å². The van der Waals surface area contributed by atoms with Crippen molar-refractivity contribution in [3.63, 3.8) is 0 Å². The molecular weight excluding hydrogens is 542 g/mol. The van der Waals surface area contributed by atoms with Crippen LogP contribution >= 0.6 is 11.6 Å². The Hall–Kier alpha value is -3.92. The topological polar surface area (TPSA) is 91.0 Å². The second-order valence-corrected chi connectivity index (χ2v) is 10.5. The smallest absolute Gasteiger partial charge is 0.408 e. The Labute approximate surface area is 237 Å². The number of benzene rings is 2. The number of hydrogen-bond donors (Lipinski definition) is 2. The van der Waals surface area contributed by atoms with Crippen LogP contribution < -0.4 is 10.6 Å². The van der Waals surface area contributed by atoms with Crippen LogP contribution in [0.25, 0.3) is 0 Å². The first kappa shape index (κ1) is 30.6. The second kappa shape index (κ2) is 13.4. The molecule has 214 valence electrons. The standard InChI is InChI=1S/C29H33ClF2N4O4/c1-19-35(16-21-22(31)12-8-13-23(21)32)17-25(33-26(37)14-9-15-30)27(38)36(19)18-24(20-10-6-5-7-11-20)34-28(39)40-29(2,3)4/h5-8,10-13,17,24H,1,9,14-16,18H2,2-4H3,(H,33,37)(H,34,39)/t24-/m0/s1. The highest BCUT2D eigenvalue weighted by atomic mass is 35.5. The lowest BCUT2D eigenvalue weighted by molar-refractivity contribution is -0.130. The number of nitrogens with one attached hydrogen (secondary N) is 2. The minimum atomic E-state index is -0.772. The monoisotopic (exact) mass is 574 g/mol. The number of carbonyl (C=O) groups is 3. The average molecular weight is 575 g/mol. The summed E-state index contributed by atoms with van der Waals surface area (Å²) in [5.74, 6) is -2.25. The number of ether oxygens (including phenoxy) is 1. The molecule has 0 unspecified atom stereocenters. The van der Waals surface area contributed by atoms with Gasteiger partial charge >= 0.3 is 6.09 Å². The van der Waals surface area contributed by atoms with Crippen LogP contribution in [0.4, 0.5) is 13.6 Å². The molecule has 40 heavy (non-hydrogen) atoms. The molecule has 0 aliphatic carbocycles. The predicted molar refractivity (Wildman–Crippen MR) is 147 cm³/mol. The molecule has 2 N–H and O–H groups in total. The van der Waals surface area contributed by atoms with Crippen molar-refractivity contribution in [2.75, 3.05) is 12.4 Å². The van der Waals surface area contributed by atoms with Gasteiger partial charge in [-0.3, -0.25) is 14.5 Å². The summed E-state index contributed by atoms with van der Waals surface area (Å²) in [4.78, 5) is 41.4. The van der Waals surface area contributed by atoms with Gasteiger partial charge in [-0.05, 0) is 44.9 Å². The Morgan fingerprint density at radius 2 is 1.73 bits per heavy atom. The Bertz CT molecular complexity index is 1260. The lowest BCUT2D eigenvalue weighted by atomic mass is 10.1. The van der Waals surface area contributed by atoms with Gasteiger partial charge in [-0.1, -0.05) is 43.0 Å². The lowest BCUT2D eigenvalue weighted by Crippen LogP contribution is -2.49. The van der Waals surface area contributed by atoms with Gasteiger partial charge in [-0.15, -0.1) is 11.6 Å². The number of rotatable bonds is 10. The van der Waals surface area contributed by atoms with E-state index >= 15 is 0 Å². The van der Waals surface area contributed by atoms with E-state index in [1.165, 1.54) is 22.1 Å². The van der Waals surface area contributed by atoms with Crippen LogP contribution in [0.3, 0.4) is 0 Å². The van der Waals surface area contributed by atoms with Gasteiger partial charge in [-0.2, -0.15) is 0 Å². The third-order valence-corrected chi connectivity index (χ3v) is 6.13. The normalized spacial score (nSPS) is 14.5. The summed E-state index contributed by atoms with van der Waals surface area (Å²) in [5.41, 5.74) is -0.455. The van der Waals surface area contributed by atoms with Crippen molar-refractivity contribution in [1.82, 2.24) is 20.4 Å². The van der Waals surface area contributed by atoms with Gasteiger partial charge < -0.3 is 20.3 Å². The third-order valence-electron chi connectivity index (χ3n) is 5.86. The quantitative estimate of drug-likeness (QED) is 0.375. The first-order chi connectivity index (χ1) is 18.9. The maximum absolute atomic E-state index is 14.5. The molecule has 0 radical (unpaired) electrons. The first-order valence-electron chi connectivity index (χ1n) is 12.7. The number of nitrogens with zero attached hydrogens (tertiary/aromatic N) is 2. The lowest BCUT2D eigenvalue weighted by Gasteiger charge is -2.39. The summed E-state index contributed by atoms with van der Waals surface area (Å²) >= 11 is 5.69. The van der Waals surface area contributed by atoms with Crippen LogP contribution in [-0.4, -0.2) is 45.7 Å². The molecule has 0 aromatic heterocycles. The number of amides is 3. The van der Waals surface area contributed by atoms with Crippen molar-refractivity contribution in [2.45, 2.75) is 51.8 Å². The van der Waals surface area contributed by atoms with Crippen LogP contribution in [0.1, 0.15) is 50.8 Å². The van der Waals surface area contributed by atoms with Crippen LogP contribution in [0.5, 0.6) is 0 Å². The van der Waals surface area contributed by atoms with Gasteiger partial charge in [0.15, 0.2) is 0 Å². The van der Waals surface area contributed by atoms with Gasteiger partial charge in [-0.25, -0.2) is 13.6 Å². The fourth-order valence-electron chi connectivity index (χ4n) is 3.96. The summed E-state index contributed by atoms with van der Waals surface area (Å²) in [6, 6.07) is 11.7. The fraction of sp³-hybridized carbons (Fsp3) is 0.345. The molecule has 1 aliphatic rings. The summed E-state index contributed by atoms with van der Waals surface area (Å²) < 4.78 is 34.5. The second-order valence-electron chi connectivity index (χ2n) is 10.2. The summed E-state index contributed by atoms with van der Waals surface area (Å²) in [6.07, 6.45) is 1.06. The molecule has 1 heterocycles. The minimum absolute atomic E-state index is 0.0733. The van der Waals surface area contributed by atoms with Gasteiger partial charge in [0, 0.05) is 24.1 Å². The predicted octanol–water partition coefficient (Wildman–Crippen LogP) is 5.32. The van der Waals surface area contributed by atoms with E-state index in [9.17, 15) is 23.2 Å². The molecule has 0 saturated carbocycles. The first-order valence-corrected chi connectivity index (χ1v) is 13.3. The van der Waals surface area contributed by atoms with E-state index in [1.807, 2.05) is 0 Å². The molecule has 0 saturated heterocycles. The highest BCUT2D eigenvalue weighted by Gasteiger charge is 2.34. The molecule has 11 heteroatoms. The maximum Gasteiger partial charge on any atom is 0.408 e. The molecule has 1 aliphatic heterocycles. The van der Waals surface area contributed by atoms with E-state index in [0.29, 0.717) is 12.0 Å². The number of alkyl halides is 1. The maximum atomic E-state index is 14.5. The fourth-order valence-corrected chi connectivity index (χ4v) is 4.09. The SMILES string of the molecule is C=C1N(Cc2c(F)cccc2F)C=C(NC(=O)CCCCl)C(=O)N1C[C@H](NC(=O)OC(C)(C)C)c1ccccc1. The zero-order valence-electron chi connectivity index (χ0n) is 22.7. The Kier molecular flexibility index (Phi) is 10.3. The van der Waals surface area contributed by atoms with Gasteiger partial charge in [0.25, 0.3) is 5.91 Å². The van der Waals surface area contributed by atoms with Crippen molar-refractivity contribution in [1.29, 1.82) is 0 Å². The van der Waals surface area contributed by atoms with Crippen LogP contribution in [-0.2, 0) is 20.9 Å². The molecule has 0 fully saturated rings. The summed E-state index contributed by atoms with van der Waals surface area (Å²) in [5, 5.41) is 5.36. The molecule has 0 bridgehead atoms. The highest BCUT2D eigenvalue weighted by Crippen LogP contribution is 2.27. The van der Waals surface area contributed by atoms with Crippen molar-refractivity contribution in [3.8, 4) is 0 Å². The third kappa shape index (κ3) is 8.29. The highest BCUT2D eigenvalue weighted by molar-refractivity contribution is 6.17.